The number of allylic oxidation sites excluding steroid dienone is 3. The third kappa shape index (κ3) is 5.29. The van der Waals surface area contributed by atoms with Crippen molar-refractivity contribution in [2.75, 3.05) is 0 Å². The number of hydrogen-bond acceptors (Lipinski definition) is 1. The van der Waals surface area contributed by atoms with Crippen LogP contribution in [0.3, 0.4) is 0 Å². The number of carbonyl (C=O) groups excluding carboxylic acids is 1. The number of rotatable bonds is 7. The van der Waals surface area contributed by atoms with Gasteiger partial charge in [-0.25, -0.2) is 0 Å². The summed E-state index contributed by atoms with van der Waals surface area (Å²) >= 11 is 0. The molecule has 0 aliphatic heterocycles. The molecule has 0 radical (unpaired) electrons. The lowest BCUT2D eigenvalue weighted by molar-refractivity contribution is -0.115. The van der Waals surface area contributed by atoms with Crippen LogP contribution in [0, 0.1) is 5.92 Å². The maximum absolute atomic E-state index is 12.1. The predicted molar refractivity (Wildman–Crippen MR) is 94.7 cm³/mol. The molecule has 1 fully saturated rings. The first-order valence-electron chi connectivity index (χ1n) is 8.66. The van der Waals surface area contributed by atoms with E-state index in [2.05, 4.69) is 43.3 Å². The van der Waals surface area contributed by atoms with Crippen LogP contribution in [0.5, 0.6) is 0 Å². The van der Waals surface area contributed by atoms with E-state index in [0.717, 1.165) is 24.3 Å². The van der Waals surface area contributed by atoms with Gasteiger partial charge in [0.15, 0.2) is 5.78 Å². The molecule has 0 unspecified atom stereocenters. The van der Waals surface area contributed by atoms with Gasteiger partial charge < -0.3 is 0 Å². The van der Waals surface area contributed by atoms with Crippen molar-refractivity contribution >= 4 is 11.9 Å². The molecule has 1 aliphatic carbocycles. The minimum absolute atomic E-state index is 0.285. The van der Waals surface area contributed by atoms with E-state index in [-0.39, 0.29) is 5.78 Å². The van der Waals surface area contributed by atoms with E-state index in [1.807, 2.05) is 13.0 Å². The van der Waals surface area contributed by atoms with Crippen LogP contribution in [-0.2, 0) is 4.79 Å². The Balaban J connectivity index is 2.18. The molecule has 0 saturated heterocycles. The predicted octanol–water partition coefficient (Wildman–Crippen LogP) is 5.97. The van der Waals surface area contributed by atoms with Crippen molar-refractivity contribution in [3.63, 3.8) is 0 Å². The van der Waals surface area contributed by atoms with E-state index in [0.29, 0.717) is 6.42 Å². The fourth-order valence-electron chi connectivity index (χ4n) is 3.25. The third-order valence-electron chi connectivity index (χ3n) is 4.47. The number of hydrogen-bond donors (Lipinski definition) is 0. The molecule has 0 aromatic heterocycles. The van der Waals surface area contributed by atoms with Gasteiger partial charge in [0.1, 0.15) is 0 Å². The highest BCUT2D eigenvalue weighted by Gasteiger charge is 2.16. The van der Waals surface area contributed by atoms with Crippen LogP contribution >= 0.6 is 0 Å². The van der Waals surface area contributed by atoms with Crippen molar-refractivity contribution in [3.05, 3.63) is 53.1 Å². The molecule has 1 aromatic carbocycles. The van der Waals surface area contributed by atoms with E-state index in [9.17, 15) is 4.79 Å². The van der Waals surface area contributed by atoms with Crippen LogP contribution in [0.4, 0.5) is 0 Å². The van der Waals surface area contributed by atoms with E-state index < -0.39 is 0 Å². The minimum Gasteiger partial charge on any atom is -0.295 e. The molecule has 2 rings (SSSR count). The van der Waals surface area contributed by atoms with E-state index >= 15 is 0 Å². The van der Waals surface area contributed by atoms with Crippen molar-refractivity contribution < 1.29 is 4.79 Å². The number of Topliss-reactive ketones (excluding diaryl/α,β-unsaturated/α-hetero) is 1. The Bertz CT molecular complexity index is 530. The molecule has 0 N–H and O–H groups in total. The SMILES string of the molecule is CCCC(=O)/C(C)=C/C(=C/c1ccccc1)CC1CCCC1. The van der Waals surface area contributed by atoms with Gasteiger partial charge in [-0.3, -0.25) is 4.79 Å². The Labute approximate surface area is 135 Å². The van der Waals surface area contributed by atoms with Crippen LogP contribution in [0.25, 0.3) is 6.08 Å². The van der Waals surface area contributed by atoms with Gasteiger partial charge in [0.25, 0.3) is 0 Å². The van der Waals surface area contributed by atoms with Gasteiger partial charge in [0.2, 0.25) is 0 Å². The first kappa shape index (κ1) is 16.7. The summed E-state index contributed by atoms with van der Waals surface area (Å²) in [5.41, 5.74) is 3.43. The minimum atomic E-state index is 0.285. The molecular weight excluding hydrogens is 268 g/mol. The molecule has 118 valence electrons. The quantitative estimate of drug-likeness (QED) is 0.448. The molecule has 1 aliphatic rings. The summed E-state index contributed by atoms with van der Waals surface area (Å²) in [7, 11) is 0. The molecule has 1 nitrogen and oxygen atoms in total. The van der Waals surface area contributed by atoms with E-state index in [1.165, 1.54) is 36.8 Å². The highest BCUT2D eigenvalue weighted by atomic mass is 16.1. The molecular formula is C21H28O. The Morgan fingerprint density at radius 2 is 1.86 bits per heavy atom. The molecule has 0 heterocycles. The van der Waals surface area contributed by atoms with Gasteiger partial charge >= 0.3 is 0 Å². The molecule has 0 amide bonds. The Kier molecular flexibility index (Phi) is 6.64. The first-order chi connectivity index (χ1) is 10.7. The zero-order valence-electron chi connectivity index (χ0n) is 14.0. The van der Waals surface area contributed by atoms with Gasteiger partial charge in [0.05, 0.1) is 0 Å². The second-order valence-corrected chi connectivity index (χ2v) is 6.49. The third-order valence-corrected chi connectivity index (χ3v) is 4.47. The Morgan fingerprint density at radius 1 is 1.18 bits per heavy atom. The van der Waals surface area contributed by atoms with Crippen LogP contribution in [0.1, 0.15) is 64.4 Å². The first-order valence-corrected chi connectivity index (χ1v) is 8.66. The second kappa shape index (κ2) is 8.73. The van der Waals surface area contributed by atoms with Gasteiger partial charge in [-0.05, 0) is 42.4 Å². The van der Waals surface area contributed by atoms with Crippen LogP contribution < -0.4 is 0 Å². The maximum atomic E-state index is 12.1. The summed E-state index contributed by atoms with van der Waals surface area (Å²) < 4.78 is 0. The number of benzene rings is 1. The average molecular weight is 296 g/mol. The molecule has 1 heteroatoms. The average Bonchev–Trinajstić information content (AvgIpc) is 3.01. The lowest BCUT2D eigenvalue weighted by Gasteiger charge is -2.11. The number of carbonyl (C=O) groups is 1. The lowest BCUT2D eigenvalue weighted by atomic mass is 9.94. The van der Waals surface area contributed by atoms with Gasteiger partial charge in [-0.1, -0.05) is 75.1 Å². The van der Waals surface area contributed by atoms with Crippen LogP contribution in [0.15, 0.2) is 47.6 Å². The van der Waals surface area contributed by atoms with E-state index in [4.69, 9.17) is 0 Å². The summed E-state index contributed by atoms with van der Waals surface area (Å²) in [5.74, 6) is 1.08. The summed E-state index contributed by atoms with van der Waals surface area (Å²) in [6.45, 7) is 4.02. The monoisotopic (exact) mass is 296 g/mol. The normalized spacial score (nSPS) is 17.0. The van der Waals surface area contributed by atoms with Crippen LogP contribution in [-0.4, -0.2) is 5.78 Å². The molecule has 22 heavy (non-hydrogen) atoms. The standard InChI is InChI=1S/C21H28O/c1-3-9-21(22)17(2)14-20(16-19-12-7-8-13-19)15-18-10-5-4-6-11-18/h4-6,10-11,14-15,19H,3,7-9,12-13,16H2,1-2H3/b17-14+,20-15-. The summed E-state index contributed by atoms with van der Waals surface area (Å²) in [5, 5.41) is 0. The topological polar surface area (TPSA) is 17.1 Å². The fourth-order valence-corrected chi connectivity index (χ4v) is 3.25. The van der Waals surface area contributed by atoms with Crippen molar-refractivity contribution in [2.45, 2.75) is 58.8 Å². The van der Waals surface area contributed by atoms with E-state index in [1.54, 1.807) is 0 Å². The van der Waals surface area contributed by atoms with Gasteiger partial charge in [-0.2, -0.15) is 0 Å². The summed E-state index contributed by atoms with van der Waals surface area (Å²) in [6.07, 6.45) is 12.5. The molecule has 1 saturated carbocycles. The second-order valence-electron chi connectivity index (χ2n) is 6.49. The van der Waals surface area contributed by atoms with Crippen molar-refractivity contribution in [1.82, 2.24) is 0 Å². The van der Waals surface area contributed by atoms with Crippen molar-refractivity contribution in [3.8, 4) is 0 Å². The smallest absolute Gasteiger partial charge is 0.158 e. The van der Waals surface area contributed by atoms with Gasteiger partial charge in [-0.15, -0.1) is 0 Å². The summed E-state index contributed by atoms with van der Waals surface area (Å²) in [6, 6.07) is 10.4. The Hall–Kier alpha value is -1.63. The fraction of sp³-hybridized carbons (Fsp3) is 0.476. The zero-order chi connectivity index (χ0) is 15.8. The highest BCUT2D eigenvalue weighted by Crippen LogP contribution is 2.31. The Morgan fingerprint density at radius 3 is 2.50 bits per heavy atom. The summed E-state index contributed by atoms with van der Waals surface area (Å²) in [4.78, 5) is 12.1. The maximum Gasteiger partial charge on any atom is 0.158 e. The van der Waals surface area contributed by atoms with Crippen LogP contribution in [0.2, 0.25) is 0 Å². The molecule has 1 aromatic rings. The number of ketones is 1. The van der Waals surface area contributed by atoms with Crippen molar-refractivity contribution in [2.24, 2.45) is 5.92 Å². The molecule has 0 spiro atoms. The molecule has 0 bridgehead atoms. The molecule has 0 atom stereocenters. The zero-order valence-corrected chi connectivity index (χ0v) is 14.0. The highest BCUT2D eigenvalue weighted by molar-refractivity contribution is 5.95. The lowest BCUT2D eigenvalue weighted by Crippen LogP contribution is -2.01. The van der Waals surface area contributed by atoms with Crippen molar-refractivity contribution in [1.29, 1.82) is 0 Å². The largest absolute Gasteiger partial charge is 0.295 e. The van der Waals surface area contributed by atoms with Gasteiger partial charge in [0, 0.05) is 6.42 Å².